The molecule has 42 heavy (non-hydrogen) atoms. The highest BCUT2D eigenvalue weighted by Gasteiger charge is 2.94. The lowest BCUT2D eigenvalue weighted by Gasteiger charge is -2.64. The second-order valence-corrected chi connectivity index (χ2v) is 14.4. The van der Waals surface area contributed by atoms with Crippen LogP contribution in [-0.4, -0.2) is 86.7 Å². The molecule has 0 aromatic heterocycles. The van der Waals surface area contributed by atoms with E-state index < -0.39 is 104 Å². The molecule has 7 fully saturated rings. The van der Waals surface area contributed by atoms with E-state index in [2.05, 4.69) is 0 Å². The van der Waals surface area contributed by atoms with E-state index >= 15 is 4.79 Å². The van der Waals surface area contributed by atoms with Gasteiger partial charge < -0.3 is 33.9 Å². The minimum absolute atomic E-state index is 0.0245. The summed E-state index contributed by atoms with van der Waals surface area (Å²) in [7, 11) is 0. The molecule has 2 saturated carbocycles. The molecule has 3 aliphatic carbocycles. The van der Waals surface area contributed by atoms with E-state index in [9.17, 15) is 29.4 Å². The molecular weight excluding hydrogens is 552 g/mol. The minimum atomic E-state index is -2.37. The maximum absolute atomic E-state index is 15.2. The van der Waals surface area contributed by atoms with E-state index in [1.165, 1.54) is 19.9 Å². The Bertz CT molecular complexity index is 1440. The lowest BCUT2D eigenvalue weighted by molar-refractivity contribution is -0.385. The smallest absolute Gasteiger partial charge is 0.342 e. The summed E-state index contributed by atoms with van der Waals surface area (Å²) in [6.45, 7) is 5.85. The van der Waals surface area contributed by atoms with Gasteiger partial charge in [0.05, 0.1) is 35.4 Å². The molecule has 2 N–H and O–H groups in total. The number of rotatable bonds is 1. The van der Waals surface area contributed by atoms with Crippen molar-refractivity contribution in [3.63, 3.8) is 0 Å². The van der Waals surface area contributed by atoms with Crippen LogP contribution in [-0.2, 0) is 47.7 Å². The topological polar surface area (TPSA) is 172 Å². The number of fused-ring (bicyclic) bond motifs is 5. The van der Waals surface area contributed by atoms with Gasteiger partial charge in [0.2, 0.25) is 5.79 Å². The second kappa shape index (κ2) is 7.34. The number of carbonyl (C=O) groups is 5. The van der Waals surface area contributed by atoms with Crippen molar-refractivity contribution in [1.82, 2.24) is 0 Å². The molecule has 226 valence electrons. The first-order valence-electron chi connectivity index (χ1n) is 14.7. The molecule has 12 heteroatoms. The van der Waals surface area contributed by atoms with E-state index in [1.54, 1.807) is 19.9 Å². The Kier molecular flexibility index (Phi) is 4.70. The number of ketones is 2. The zero-order valence-electron chi connectivity index (χ0n) is 23.8. The zero-order chi connectivity index (χ0) is 30.0. The summed E-state index contributed by atoms with van der Waals surface area (Å²) in [6.07, 6.45) is 0.610. The van der Waals surface area contributed by atoms with Gasteiger partial charge in [0, 0.05) is 13.3 Å². The Hall–Kier alpha value is -2.67. The molecule has 13 atom stereocenters. The first-order chi connectivity index (χ1) is 19.6. The molecule has 0 aromatic carbocycles. The van der Waals surface area contributed by atoms with Crippen LogP contribution in [0.5, 0.6) is 0 Å². The Morgan fingerprint density at radius 2 is 1.83 bits per heavy atom. The van der Waals surface area contributed by atoms with Crippen LogP contribution >= 0.6 is 0 Å². The summed E-state index contributed by atoms with van der Waals surface area (Å²) in [6, 6.07) is 0. The molecule has 5 heterocycles. The Labute approximate surface area is 241 Å². The van der Waals surface area contributed by atoms with Gasteiger partial charge in [-0.1, -0.05) is 13.0 Å². The second-order valence-electron chi connectivity index (χ2n) is 14.4. The lowest BCUT2D eigenvalue weighted by atomic mass is 9.46. The van der Waals surface area contributed by atoms with Crippen LogP contribution in [0.3, 0.4) is 0 Å². The van der Waals surface area contributed by atoms with E-state index in [-0.39, 0.29) is 38.7 Å². The van der Waals surface area contributed by atoms with Crippen molar-refractivity contribution in [2.75, 3.05) is 6.61 Å². The quantitative estimate of drug-likeness (QED) is 0.318. The molecule has 8 aliphatic rings. The van der Waals surface area contributed by atoms with Crippen molar-refractivity contribution in [3.8, 4) is 0 Å². The van der Waals surface area contributed by atoms with Gasteiger partial charge in [-0.15, -0.1) is 0 Å². The van der Waals surface area contributed by atoms with Crippen LogP contribution in [0.4, 0.5) is 0 Å². The third kappa shape index (κ3) is 2.43. The fourth-order valence-electron chi connectivity index (χ4n) is 10.9. The molecular formula is C30H34O12. The first-order valence-corrected chi connectivity index (χ1v) is 14.7. The Morgan fingerprint density at radius 3 is 2.55 bits per heavy atom. The van der Waals surface area contributed by atoms with Crippen LogP contribution in [0.15, 0.2) is 12.2 Å². The SMILES string of the molecule is CC(=O)OC1CC2(O)CC=CC(=O)C2(C)C2CCC3(O)C(=O)OC4(C)C5CC6(C)C(COC7(OC34C6C7=O)C12)C(=O)O5. The maximum Gasteiger partial charge on any atom is 0.342 e. The van der Waals surface area contributed by atoms with Gasteiger partial charge in [-0.3, -0.25) is 19.2 Å². The molecule has 2 spiro atoms. The molecule has 8 rings (SSSR count). The molecule has 13 unspecified atom stereocenters. The zero-order valence-corrected chi connectivity index (χ0v) is 23.8. The number of carbonyl (C=O) groups excluding carboxylic acids is 5. The minimum Gasteiger partial charge on any atom is -0.462 e. The summed E-state index contributed by atoms with van der Waals surface area (Å²) in [5.41, 5.74) is -10.4. The first kappa shape index (κ1) is 26.9. The fraction of sp³-hybridized carbons (Fsp3) is 0.767. The highest BCUT2D eigenvalue weighted by Crippen LogP contribution is 2.75. The van der Waals surface area contributed by atoms with Gasteiger partial charge in [-0.05, 0) is 56.9 Å². The molecule has 5 bridgehead atoms. The summed E-state index contributed by atoms with van der Waals surface area (Å²) >= 11 is 0. The average molecular weight is 587 g/mol. The van der Waals surface area contributed by atoms with Crippen LogP contribution < -0.4 is 0 Å². The molecule has 0 radical (unpaired) electrons. The van der Waals surface area contributed by atoms with Crippen LogP contribution in [0.2, 0.25) is 0 Å². The van der Waals surface area contributed by atoms with Crippen molar-refractivity contribution in [2.24, 2.45) is 34.5 Å². The number of ether oxygens (including phenoxy) is 5. The van der Waals surface area contributed by atoms with E-state index in [0.29, 0.717) is 0 Å². The van der Waals surface area contributed by atoms with Gasteiger partial charge in [-0.25, -0.2) is 4.79 Å². The monoisotopic (exact) mass is 586 g/mol. The number of Topliss-reactive ketones (excluding diaryl/α,β-unsaturated/α-hetero) is 1. The van der Waals surface area contributed by atoms with Gasteiger partial charge in [0.25, 0.3) is 0 Å². The van der Waals surface area contributed by atoms with Crippen molar-refractivity contribution in [1.29, 1.82) is 0 Å². The summed E-state index contributed by atoms with van der Waals surface area (Å²) in [5.74, 6) is -9.70. The number of hydrogen-bond donors (Lipinski definition) is 2. The van der Waals surface area contributed by atoms with Crippen molar-refractivity contribution in [3.05, 3.63) is 12.2 Å². The van der Waals surface area contributed by atoms with Crippen LogP contribution in [0, 0.1) is 34.5 Å². The largest absolute Gasteiger partial charge is 0.462 e. The predicted octanol–water partition coefficient (Wildman–Crippen LogP) is 0.293. The van der Waals surface area contributed by atoms with Crippen molar-refractivity contribution in [2.45, 2.75) is 100 Å². The van der Waals surface area contributed by atoms with Gasteiger partial charge in [0.1, 0.15) is 12.2 Å². The van der Waals surface area contributed by atoms with E-state index in [0.717, 1.165) is 0 Å². The van der Waals surface area contributed by atoms with Crippen molar-refractivity contribution < 1.29 is 57.9 Å². The summed E-state index contributed by atoms with van der Waals surface area (Å²) in [4.78, 5) is 68.7. The van der Waals surface area contributed by atoms with Gasteiger partial charge in [0.15, 0.2) is 28.4 Å². The van der Waals surface area contributed by atoms with E-state index in [1.807, 2.05) is 0 Å². The third-order valence-electron chi connectivity index (χ3n) is 12.9. The molecule has 5 saturated heterocycles. The van der Waals surface area contributed by atoms with E-state index in [4.69, 9.17) is 23.7 Å². The number of hydrogen-bond acceptors (Lipinski definition) is 12. The molecule has 12 nitrogen and oxygen atoms in total. The average Bonchev–Trinajstić information content (AvgIpc) is 3.21. The Balaban J connectivity index is 1.44. The van der Waals surface area contributed by atoms with Crippen LogP contribution in [0.1, 0.15) is 59.8 Å². The molecule has 5 aliphatic heterocycles. The standard InChI is InChI=1S/C30H34O12/c1-13(31)39-16-10-27(36)8-5-6-17(32)25(27,3)14-7-9-28(37)23(35)41-26(4)18-11-24(2)15(22(34)40-18)12-38-29(19(14)16)21(33)20(24)30(26,28)42-29/h5-6,14-16,18-20,36-37H,7-12H2,1-4H3. The molecule has 0 aromatic rings. The normalized spacial score (nSPS) is 58.2. The summed E-state index contributed by atoms with van der Waals surface area (Å²) < 4.78 is 31.0. The Morgan fingerprint density at radius 1 is 1.10 bits per heavy atom. The molecule has 0 amide bonds. The number of allylic oxidation sites excluding steroid dienone is 1. The van der Waals surface area contributed by atoms with Gasteiger partial charge in [-0.2, -0.15) is 0 Å². The lowest BCUT2D eigenvalue weighted by Crippen LogP contribution is -2.79. The number of aliphatic hydroxyl groups is 2. The maximum atomic E-state index is 15.2. The third-order valence-corrected chi connectivity index (χ3v) is 12.9. The highest BCUT2D eigenvalue weighted by atomic mass is 16.8. The van der Waals surface area contributed by atoms with Crippen molar-refractivity contribution >= 4 is 29.5 Å². The predicted molar refractivity (Wildman–Crippen MR) is 135 cm³/mol. The highest BCUT2D eigenvalue weighted by molar-refractivity contribution is 6.00. The summed E-state index contributed by atoms with van der Waals surface area (Å²) in [5, 5.41) is 24.6. The van der Waals surface area contributed by atoms with Crippen LogP contribution in [0.25, 0.3) is 0 Å². The number of esters is 3. The fourth-order valence-corrected chi connectivity index (χ4v) is 10.9. The van der Waals surface area contributed by atoms with Gasteiger partial charge >= 0.3 is 17.9 Å².